The van der Waals surface area contributed by atoms with Crippen LogP contribution in [-0.4, -0.2) is 36.2 Å². The van der Waals surface area contributed by atoms with Gasteiger partial charge in [0.15, 0.2) is 0 Å². The van der Waals surface area contributed by atoms with Gasteiger partial charge in [0.25, 0.3) is 0 Å². The molecule has 2 nitrogen and oxygen atoms in total. The third-order valence-electron chi connectivity index (χ3n) is 5.04. The van der Waals surface area contributed by atoms with E-state index in [9.17, 15) is 5.11 Å². The third-order valence-corrected chi connectivity index (χ3v) is 5.04. The fraction of sp³-hybridized carbons (Fsp3) is 0.391. The summed E-state index contributed by atoms with van der Waals surface area (Å²) in [4.78, 5) is 2.14. The average molecular weight is 338 g/mol. The number of nitrogens with zero attached hydrogens (tertiary/aromatic N) is 1. The smallest absolute Gasteiger partial charge is 0.0935 e. The van der Waals surface area contributed by atoms with Crippen molar-refractivity contribution < 1.29 is 5.11 Å². The van der Waals surface area contributed by atoms with Crippen molar-refractivity contribution in [2.45, 2.75) is 32.8 Å². The van der Waals surface area contributed by atoms with Crippen LogP contribution in [0.15, 0.2) is 60.2 Å². The molecule has 2 heteroatoms. The van der Waals surface area contributed by atoms with Crippen molar-refractivity contribution in [1.29, 1.82) is 0 Å². The lowest BCUT2D eigenvalue weighted by molar-refractivity contribution is 0.0148. The van der Waals surface area contributed by atoms with E-state index in [0.717, 1.165) is 17.7 Å². The second-order valence-corrected chi connectivity index (χ2v) is 7.43. The van der Waals surface area contributed by atoms with Crippen molar-refractivity contribution >= 4 is 6.08 Å². The Bertz CT molecular complexity index is 705. The predicted octanol–water partition coefficient (Wildman–Crippen LogP) is 4.57. The molecule has 2 rings (SSSR count). The van der Waals surface area contributed by atoms with Crippen LogP contribution in [0.1, 0.15) is 30.5 Å². The van der Waals surface area contributed by atoms with E-state index in [2.05, 4.69) is 76.2 Å². The summed E-state index contributed by atoms with van der Waals surface area (Å²) in [6.45, 7) is 7.14. The lowest BCUT2D eigenvalue weighted by atomic mass is 9.76. The van der Waals surface area contributed by atoms with Gasteiger partial charge in [0.2, 0.25) is 0 Å². The summed E-state index contributed by atoms with van der Waals surface area (Å²) in [6.07, 6.45) is 2.74. The maximum Gasteiger partial charge on any atom is 0.0935 e. The minimum Gasteiger partial charge on any atom is -0.385 e. The van der Waals surface area contributed by atoms with E-state index in [-0.39, 0.29) is 5.92 Å². The fourth-order valence-electron chi connectivity index (χ4n) is 3.42. The molecule has 0 aromatic heterocycles. The van der Waals surface area contributed by atoms with Crippen LogP contribution in [0.4, 0.5) is 0 Å². The maximum atomic E-state index is 11.7. The molecular formula is C23H31NO. The molecule has 0 saturated carbocycles. The van der Waals surface area contributed by atoms with Crippen molar-refractivity contribution in [2.24, 2.45) is 5.92 Å². The van der Waals surface area contributed by atoms with Gasteiger partial charge in [-0.25, -0.2) is 0 Å². The van der Waals surface area contributed by atoms with E-state index in [1.165, 1.54) is 11.1 Å². The molecule has 1 N–H and O–H groups in total. The van der Waals surface area contributed by atoms with E-state index < -0.39 is 5.60 Å². The van der Waals surface area contributed by atoms with Gasteiger partial charge in [-0.3, -0.25) is 0 Å². The highest BCUT2D eigenvalue weighted by molar-refractivity contribution is 5.55. The van der Waals surface area contributed by atoms with Crippen LogP contribution in [0.3, 0.4) is 0 Å². The molecule has 0 amide bonds. The van der Waals surface area contributed by atoms with Crippen LogP contribution in [0.25, 0.3) is 6.08 Å². The zero-order valence-corrected chi connectivity index (χ0v) is 16.2. The lowest BCUT2D eigenvalue weighted by Crippen LogP contribution is -2.44. The molecular weight excluding hydrogens is 306 g/mol. The number of aliphatic hydroxyl groups is 1. The SMILES string of the molecule is C/C(=C/c1ccccc1)C(O)(Cc1ccccc1C)C(C)CN(C)C. The van der Waals surface area contributed by atoms with Gasteiger partial charge in [0.05, 0.1) is 5.60 Å². The van der Waals surface area contributed by atoms with Crippen molar-refractivity contribution in [3.63, 3.8) is 0 Å². The molecule has 0 spiro atoms. The van der Waals surface area contributed by atoms with Crippen molar-refractivity contribution in [2.75, 3.05) is 20.6 Å². The molecule has 0 saturated heterocycles. The molecule has 0 aliphatic rings. The summed E-state index contributed by atoms with van der Waals surface area (Å²) >= 11 is 0. The van der Waals surface area contributed by atoms with Crippen LogP contribution in [0.2, 0.25) is 0 Å². The van der Waals surface area contributed by atoms with Gasteiger partial charge in [-0.1, -0.05) is 67.6 Å². The summed E-state index contributed by atoms with van der Waals surface area (Å²) in [7, 11) is 4.11. The van der Waals surface area contributed by atoms with Crippen LogP contribution in [0.5, 0.6) is 0 Å². The molecule has 2 atom stereocenters. The highest BCUT2D eigenvalue weighted by Crippen LogP contribution is 2.32. The topological polar surface area (TPSA) is 23.5 Å². The first-order chi connectivity index (χ1) is 11.8. The van der Waals surface area contributed by atoms with E-state index in [1.54, 1.807) is 0 Å². The number of aryl methyl sites for hydroxylation is 1. The number of hydrogen-bond donors (Lipinski definition) is 1. The minimum absolute atomic E-state index is 0.113. The standard InChI is InChI=1S/C23H31NO/c1-18-11-9-10-14-22(18)16-23(25,20(3)17-24(4)5)19(2)15-21-12-7-6-8-13-21/h6-15,20,25H,16-17H2,1-5H3/b19-15-. The third kappa shape index (κ3) is 5.04. The molecule has 0 aliphatic carbocycles. The monoisotopic (exact) mass is 337 g/mol. The van der Waals surface area contributed by atoms with Crippen LogP contribution >= 0.6 is 0 Å². The number of hydrogen-bond acceptors (Lipinski definition) is 2. The normalized spacial score (nSPS) is 15.9. The van der Waals surface area contributed by atoms with Crippen LogP contribution in [0, 0.1) is 12.8 Å². The van der Waals surface area contributed by atoms with Gasteiger partial charge in [0.1, 0.15) is 0 Å². The molecule has 0 fully saturated rings. The summed E-state index contributed by atoms with van der Waals surface area (Å²) in [6, 6.07) is 18.6. The van der Waals surface area contributed by atoms with Crippen molar-refractivity contribution in [3.8, 4) is 0 Å². The molecule has 134 valence electrons. The van der Waals surface area contributed by atoms with Gasteiger partial charge in [-0.2, -0.15) is 0 Å². The van der Waals surface area contributed by atoms with Gasteiger partial charge < -0.3 is 10.0 Å². The summed E-state index contributed by atoms with van der Waals surface area (Å²) in [5.74, 6) is 0.113. The first-order valence-electron chi connectivity index (χ1n) is 8.98. The highest BCUT2D eigenvalue weighted by atomic mass is 16.3. The molecule has 0 radical (unpaired) electrons. The van der Waals surface area contributed by atoms with Crippen molar-refractivity contribution in [3.05, 3.63) is 76.9 Å². The summed E-state index contributed by atoms with van der Waals surface area (Å²) < 4.78 is 0. The van der Waals surface area contributed by atoms with E-state index >= 15 is 0 Å². The van der Waals surface area contributed by atoms with Gasteiger partial charge in [-0.05, 0) is 50.2 Å². The molecule has 0 bridgehead atoms. The zero-order valence-electron chi connectivity index (χ0n) is 16.2. The van der Waals surface area contributed by atoms with Crippen molar-refractivity contribution in [1.82, 2.24) is 4.90 Å². The van der Waals surface area contributed by atoms with Gasteiger partial charge in [-0.15, -0.1) is 0 Å². The first-order valence-corrected chi connectivity index (χ1v) is 8.98. The predicted molar refractivity (Wildman–Crippen MR) is 108 cm³/mol. The summed E-state index contributed by atoms with van der Waals surface area (Å²) in [5, 5.41) is 11.7. The molecule has 0 aliphatic heterocycles. The van der Waals surface area contributed by atoms with Crippen LogP contribution < -0.4 is 0 Å². The van der Waals surface area contributed by atoms with E-state index in [4.69, 9.17) is 0 Å². The van der Waals surface area contributed by atoms with Crippen LogP contribution in [-0.2, 0) is 6.42 Å². The Kier molecular flexibility index (Phi) is 6.57. The molecule has 25 heavy (non-hydrogen) atoms. The largest absolute Gasteiger partial charge is 0.385 e. The second-order valence-electron chi connectivity index (χ2n) is 7.43. The molecule has 0 heterocycles. The molecule has 2 unspecified atom stereocenters. The van der Waals surface area contributed by atoms with Gasteiger partial charge in [0, 0.05) is 18.9 Å². The molecule has 2 aromatic rings. The van der Waals surface area contributed by atoms with E-state index in [0.29, 0.717) is 6.42 Å². The Morgan fingerprint density at radius 2 is 1.68 bits per heavy atom. The second kappa shape index (κ2) is 8.46. The lowest BCUT2D eigenvalue weighted by Gasteiger charge is -2.37. The quantitative estimate of drug-likeness (QED) is 0.800. The summed E-state index contributed by atoms with van der Waals surface area (Å²) in [5.41, 5.74) is 3.69. The molecule has 2 aromatic carbocycles. The fourth-order valence-corrected chi connectivity index (χ4v) is 3.42. The number of rotatable bonds is 7. The zero-order chi connectivity index (χ0) is 18.4. The Balaban J connectivity index is 2.41. The Hall–Kier alpha value is -1.90. The number of benzene rings is 2. The average Bonchev–Trinajstić information content (AvgIpc) is 2.57. The Morgan fingerprint density at radius 1 is 1.08 bits per heavy atom. The first kappa shape index (κ1) is 19.4. The minimum atomic E-state index is -0.883. The Labute approximate surface area is 152 Å². The Morgan fingerprint density at radius 3 is 2.28 bits per heavy atom. The maximum absolute atomic E-state index is 11.7. The van der Waals surface area contributed by atoms with E-state index in [1.807, 2.05) is 24.3 Å². The van der Waals surface area contributed by atoms with Gasteiger partial charge >= 0.3 is 0 Å². The highest BCUT2D eigenvalue weighted by Gasteiger charge is 2.36.